The molecule has 6 N–H and O–H groups in total. The summed E-state index contributed by atoms with van der Waals surface area (Å²) in [5, 5.41) is 54.0. The molecule has 0 saturated carbocycles. The van der Waals surface area contributed by atoms with Crippen molar-refractivity contribution < 1.29 is 175 Å². The smallest absolute Gasteiger partial charge is 1.00 e. The van der Waals surface area contributed by atoms with Crippen molar-refractivity contribution in [1.82, 2.24) is 0 Å². The Bertz CT molecular complexity index is 793. The average molecular weight is 626 g/mol. The van der Waals surface area contributed by atoms with Gasteiger partial charge >= 0.3 is 107 Å². The minimum Gasteiger partial charge on any atom is -1.00 e. The van der Waals surface area contributed by atoms with Gasteiger partial charge in [-0.05, 0) is 0 Å². The Morgan fingerprint density at radius 1 is 0.528 bits per heavy atom. The van der Waals surface area contributed by atoms with Crippen molar-refractivity contribution in [3.63, 3.8) is 0 Å². The topological polar surface area (TPSA) is 276 Å². The summed E-state index contributed by atoms with van der Waals surface area (Å²) >= 11 is 0. The first-order valence-corrected chi connectivity index (χ1v) is 8.33. The molecular formula is C16H20Fe2Na2O16. The second kappa shape index (κ2) is 20.1. The number of aliphatic carboxylic acids is 4. The van der Waals surface area contributed by atoms with Gasteiger partial charge in [0.15, 0.2) is 11.2 Å². The monoisotopic (exact) mass is 626 g/mol. The minimum atomic E-state index is -3.06. The zero-order valence-corrected chi connectivity index (χ0v) is 24.9. The molecule has 36 heavy (non-hydrogen) atoms. The Hall–Kier alpha value is -0.881. The van der Waals surface area contributed by atoms with E-state index in [1.807, 2.05) is 0 Å². The SMILES string of the molecule is O=C(O)CC(O)(CC(=O)OC(=O)CCC(=O)OC(=O)CC(O)(CC(=O)O)C(=O)O)C(=O)O.[Fe].[Fe].[H-].[H-].[Na+].[Na+]. The number of carboxylic acids is 4. The van der Waals surface area contributed by atoms with Crippen LogP contribution in [-0.2, 0) is 82.0 Å². The van der Waals surface area contributed by atoms with Gasteiger partial charge in [0.2, 0.25) is 0 Å². The van der Waals surface area contributed by atoms with Crippen LogP contribution in [0.4, 0.5) is 0 Å². The molecule has 20 heteroatoms. The summed E-state index contributed by atoms with van der Waals surface area (Å²) in [5.41, 5.74) is -6.13. The van der Waals surface area contributed by atoms with E-state index in [9.17, 15) is 48.6 Å². The molecule has 0 aliphatic heterocycles. The molecule has 0 aliphatic carbocycles. The number of ether oxygens (including phenoxy) is 2. The molecule has 0 aromatic rings. The Labute approximate surface area is 269 Å². The van der Waals surface area contributed by atoms with E-state index in [-0.39, 0.29) is 96.1 Å². The van der Waals surface area contributed by atoms with Gasteiger partial charge in [0, 0.05) is 34.1 Å². The molecule has 198 valence electrons. The fraction of sp³-hybridized carbons (Fsp3) is 0.500. The maximum absolute atomic E-state index is 11.5. The van der Waals surface area contributed by atoms with Gasteiger partial charge in [-0.2, -0.15) is 0 Å². The predicted octanol–water partition coefficient (Wildman–Crippen LogP) is -8.50. The standard InChI is InChI=1S/C16H18O16.2Fe.2Na.2H/c17-7(18)3-15(29,13(25)26)5-11(23)31-9(21)1-2-10(22)32-12(24)6-16(30,14(27)28)4-8(19)20;;;;;;/h29-30H,1-6H2,(H,17,18)(H,19,20)(H,25,26)(H,27,28);;;;;;/q;;;2*+1;2*-1. The van der Waals surface area contributed by atoms with Crippen molar-refractivity contribution in [1.29, 1.82) is 0 Å². The second-order valence-corrected chi connectivity index (χ2v) is 6.36. The van der Waals surface area contributed by atoms with E-state index in [1.54, 1.807) is 0 Å². The third-order valence-corrected chi connectivity index (χ3v) is 3.55. The molecule has 0 amide bonds. The van der Waals surface area contributed by atoms with Crippen molar-refractivity contribution in [2.45, 2.75) is 49.7 Å². The maximum atomic E-state index is 11.5. The van der Waals surface area contributed by atoms with Gasteiger partial charge < -0.3 is 43.0 Å². The first kappa shape index (κ1) is 45.1. The van der Waals surface area contributed by atoms with E-state index in [0.717, 1.165) is 0 Å². The molecule has 0 heterocycles. The second-order valence-electron chi connectivity index (χ2n) is 6.36. The van der Waals surface area contributed by atoms with E-state index in [2.05, 4.69) is 9.47 Å². The van der Waals surface area contributed by atoms with Crippen molar-refractivity contribution in [2.24, 2.45) is 0 Å². The van der Waals surface area contributed by atoms with Crippen LogP contribution in [0.15, 0.2) is 0 Å². The predicted molar refractivity (Wildman–Crippen MR) is 92.6 cm³/mol. The van der Waals surface area contributed by atoms with E-state index in [1.165, 1.54) is 0 Å². The number of hydrogen-bond acceptors (Lipinski definition) is 12. The molecule has 0 aliphatic rings. The van der Waals surface area contributed by atoms with Crippen LogP contribution in [0.1, 0.15) is 41.4 Å². The maximum Gasteiger partial charge on any atom is 1.00 e. The van der Waals surface area contributed by atoms with E-state index in [4.69, 9.17) is 20.4 Å². The Kier molecular flexibility index (Phi) is 25.2. The number of carbonyl (C=O) groups excluding carboxylic acids is 4. The quantitative estimate of drug-likeness (QED) is 0.0629. The van der Waals surface area contributed by atoms with Crippen molar-refractivity contribution in [3.8, 4) is 0 Å². The van der Waals surface area contributed by atoms with Crippen LogP contribution in [0.3, 0.4) is 0 Å². The number of hydrogen-bond donors (Lipinski definition) is 6. The van der Waals surface area contributed by atoms with Gasteiger partial charge in [-0.1, -0.05) is 0 Å². The molecule has 0 saturated heterocycles. The summed E-state index contributed by atoms with van der Waals surface area (Å²) < 4.78 is 8.24. The van der Waals surface area contributed by atoms with Gasteiger partial charge in [0.1, 0.15) is 0 Å². The average Bonchev–Trinajstić information content (AvgIpc) is 2.57. The first-order chi connectivity index (χ1) is 14.5. The van der Waals surface area contributed by atoms with Gasteiger partial charge in [-0.15, -0.1) is 0 Å². The summed E-state index contributed by atoms with van der Waals surface area (Å²) in [5.74, 6) is -13.8. The third kappa shape index (κ3) is 17.6. The first-order valence-electron chi connectivity index (χ1n) is 8.33. The van der Waals surface area contributed by atoms with Crippen LogP contribution in [0.5, 0.6) is 0 Å². The van der Waals surface area contributed by atoms with Crippen molar-refractivity contribution >= 4 is 47.8 Å². The van der Waals surface area contributed by atoms with Crippen LogP contribution in [-0.4, -0.2) is 89.6 Å². The molecule has 2 unspecified atom stereocenters. The summed E-state index contributed by atoms with van der Waals surface area (Å²) in [6.07, 6.45) is -7.43. The van der Waals surface area contributed by atoms with Crippen LogP contribution in [0.2, 0.25) is 0 Å². The van der Waals surface area contributed by atoms with Gasteiger partial charge in [0.25, 0.3) is 0 Å². The van der Waals surface area contributed by atoms with Crippen LogP contribution in [0, 0.1) is 0 Å². The van der Waals surface area contributed by atoms with Gasteiger partial charge in [0.05, 0.1) is 38.5 Å². The summed E-state index contributed by atoms with van der Waals surface area (Å²) in [7, 11) is 0. The molecule has 0 fully saturated rings. The fourth-order valence-electron chi connectivity index (χ4n) is 2.04. The van der Waals surface area contributed by atoms with Crippen LogP contribution < -0.4 is 59.1 Å². The van der Waals surface area contributed by atoms with Crippen molar-refractivity contribution in [3.05, 3.63) is 0 Å². The molecule has 0 bridgehead atoms. The molecular weight excluding hydrogens is 606 g/mol. The summed E-state index contributed by atoms with van der Waals surface area (Å²) in [4.78, 5) is 89.0. The number of carboxylic acid groups (broad SMARTS) is 4. The Morgan fingerprint density at radius 2 is 0.778 bits per heavy atom. The molecule has 16 nitrogen and oxygen atoms in total. The summed E-state index contributed by atoms with van der Waals surface area (Å²) in [6.45, 7) is 0. The molecule has 0 radical (unpaired) electrons. The molecule has 0 aromatic carbocycles. The van der Waals surface area contributed by atoms with Gasteiger partial charge in [-0.3, -0.25) is 28.8 Å². The zero-order valence-electron chi connectivity index (χ0n) is 20.7. The van der Waals surface area contributed by atoms with E-state index < -0.39 is 97.5 Å². The van der Waals surface area contributed by atoms with Crippen molar-refractivity contribution in [2.75, 3.05) is 0 Å². The molecule has 0 aromatic heterocycles. The zero-order chi connectivity index (χ0) is 25.3. The fourth-order valence-corrected chi connectivity index (χ4v) is 2.04. The molecule has 0 rings (SSSR count). The van der Waals surface area contributed by atoms with Gasteiger partial charge in [-0.25, -0.2) is 9.59 Å². The van der Waals surface area contributed by atoms with E-state index in [0.29, 0.717) is 0 Å². The number of rotatable bonds is 13. The summed E-state index contributed by atoms with van der Waals surface area (Å²) in [6, 6.07) is 0. The number of carbonyl (C=O) groups is 8. The molecule has 0 spiro atoms. The number of esters is 4. The molecule has 2 atom stereocenters. The number of aliphatic hydroxyl groups is 2. The minimum absolute atomic E-state index is 0. The Morgan fingerprint density at radius 3 is 0.972 bits per heavy atom. The van der Waals surface area contributed by atoms with Crippen LogP contribution in [0.25, 0.3) is 0 Å². The largest absolute Gasteiger partial charge is 1.00 e. The normalized spacial score (nSPS) is 12.6. The third-order valence-electron chi connectivity index (χ3n) is 3.55. The van der Waals surface area contributed by atoms with E-state index >= 15 is 0 Å². The van der Waals surface area contributed by atoms with Crippen LogP contribution >= 0.6 is 0 Å². The Balaban J connectivity index is -0.000000320.